The number of nitrogens with one attached hydrogen (secondary N) is 1. The van der Waals surface area contributed by atoms with Crippen LogP contribution in [0.1, 0.15) is 43.0 Å². The minimum absolute atomic E-state index is 0.0512. The summed E-state index contributed by atoms with van der Waals surface area (Å²) in [6.45, 7) is 9.39. The summed E-state index contributed by atoms with van der Waals surface area (Å²) in [5.41, 5.74) is 2.83. The van der Waals surface area contributed by atoms with Crippen molar-refractivity contribution >= 4 is 35.0 Å². The summed E-state index contributed by atoms with van der Waals surface area (Å²) in [5.74, 6) is 0.268. The van der Waals surface area contributed by atoms with Gasteiger partial charge in [0.05, 0.1) is 17.5 Å². The van der Waals surface area contributed by atoms with Gasteiger partial charge in [0.15, 0.2) is 0 Å². The van der Waals surface area contributed by atoms with Gasteiger partial charge in [-0.3, -0.25) is 19.5 Å². The highest BCUT2D eigenvalue weighted by atomic mass is 16.2. The molecule has 1 aliphatic carbocycles. The van der Waals surface area contributed by atoms with E-state index in [9.17, 15) is 14.4 Å². The molecule has 1 saturated heterocycles. The number of imide groups is 1. The Hall–Kier alpha value is -4.59. The van der Waals surface area contributed by atoms with Crippen LogP contribution in [-0.2, 0) is 34.5 Å². The highest BCUT2D eigenvalue weighted by Crippen LogP contribution is 2.43. The lowest BCUT2D eigenvalue weighted by molar-refractivity contribution is -0.134. The highest BCUT2D eigenvalue weighted by Gasteiger charge is 2.56. The second-order valence-corrected chi connectivity index (χ2v) is 11.2. The fraction of sp³-hybridized carbons (Fsp3) is 0.281. The van der Waals surface area contributed by atoms with Crippen LogP contribution in [0.25, 0.3) is 10.9 Å². The van der Waals surface area contributed by atoms with E-state index in [-0.39, 0.29) is 30.4 Å². The van der Waals surface area contributed by atoms with E-state index in [0.29, 0.717) is 18.7 Å². The van der Waals surface area contributed by atoms with Crippen molar-refractivity contribution in [2.75, 3.05) is 0 Å². The third-order valence-electron chi connectivity index (χ3n) is 8.30. The van der Waals surface area contributed by atoms with Crippen LogP contribution in [0, 0.1) is 5.41 Å². The van der Waals surface area contributed by atoms with Gasteiger partial charge in [0.25, 0.3) is 5.91 Å². The molecule has 4 amide bonds. The van der Waals surface area contributed by atoms with Crippen LogP contribution in [0.3, 0.4) is 0 Å². The fourth-order valence-corrected chi connectivity index (χ4v) is 6.20. The zero-order chi connectivity index (χ0) is 28.2. The Morgan fingerprint density at radius 1 is 1.10 bits per heavy atom. The molecule has 0 bridgehead atoms. The van der Waals surface area contributed by atoms with Crippen LogP contribution < -0.4 is 5.32 Å². The lowest BCUT2D eigenvalue weighted by Crippen LogP contribution is -2.44. The van der Waals surface area contributed by atoms with Crippen LogP contribution >= 0.6 is 0 Å². The molecule has 0 saturated carbocycles. The van der Waals surface area contributed by atoms with Gasteiger partial charge in [0, 0.05) is 23.8 Å². The van der Waals surface area contributed by atoms with Crippen molar-refractivity contribution in [1.82, 2.24) is 20.1 Å². The van der Waals surface area contributed by atoms with Crippen LogP contribution in [0.4, 0.5) is 4.79 Å². The van der Waals surface area contributed by atoms with E-state index >= 15 is 0 Å². The van der Waals surface area contributed by atoms with Gasteiger partial charge in [-0.15, -0.1) is 0 Å². The molecule has 1 aromatic heterocycles. The molecule has 1 N–H and O–H groups in total. The van der Waals surface area contributed by atoms with Crippen LogP contribution in [-0.4, -0.2) is 44.9 Å². The predicted molar refractivity (Wildman–Crippen MR) is 153 cm³/mol. The van der Waals surface area contributed by atoms with E-state index in [1.807, 2.05) is 63.2 Å². The number of urea groups is 1. The van der Waals surface area contributed by atoms with Crippen molar-refractivity contribution in [3.8, 4) is 0 Å². The maximum Gasteiger partial charge on any atom is 0.328 e. The normalized spacial score (nSPS) is 24.1. The van der Waals surface area contributed by atoms with Gasteiger partial charge in [-0.1, -0.05) is 43.0 Å². The standard InChI is InChI=1S/C32H31N5O3/c1-5-11-33-27-17-32(28(38)35-27)15-23-13-22-12-21(18-34-26(22)14-24(23)16-32)19-36-30(40)37(20(2)3)29(39)31(36,4)25-9-7-6-8-10-25/h5-14,17-18,20H,1,15-16,19H2,2-4H3,(H,35,38)/t31?,32-/m0/s1. The third kappa shape index (κ3) is 3.86. The Balaban J connectivity index is 1.33. The lowest BCUT2D eigenvalue weighted by Gasteiger charge is -2.32. The SMILES string of the molecule is C=CC=NC1=C[C@@]2(Cc3cc4cc(CN5C(=O)N(C(C)C)C(=O)C5(C)c5ccccc5)cnc4cc3C2)C(=O)N1. The monoisotopic (exact) mass is 533 g/mol. The van der Waals surface area contributed by atoms with E-state index in [1.165, 1.54) is 4.90 Å². The molecule has 8 nitrogen and oxygen atoms in total. The van der Waals surface area contributed by atoms with E-state index in [2.05, 4.69) is 29.0 Å². The Morgan fingerprint density at radius 2 is 1.82 bits per heavy atom. The van der Waals surface area contributed by atoms with Crippen molar-refractivity contribution in [3.63, 3.8) is 0 Å². The molecule has 2 aliphatic heterocycles. The molecule has 8 heteroatoms. The number of amides is 4. The largest absolute Gasteiger partial charge is 0.328 e. The number of allylic oxidation sites excluding steroid dienone is 1. The molecule has 3 aliphatic rings. The van der Waals surface area contributed by atoms with Gasteiger partial charge in [0.1, 0.15) is 11.4 Å². The van der Waals surface area contributed by atoms with Gasteiger partial charge in [-0.2, -0.15) is 0 Å². The molecular formula is C32H31N5O3. The summed E-state index contributed by atoms with van der Waals surface area (Å²) in [7, 11) is 0. The number of carbonyl (C=O) groups excluding carboxylic acids is 3. The Labute approximate surface area is 233 Å². The Morgan fingerprint density at radius 3 is 2.52 bits per heavy atom. The number of aliphatic imine (C=N–C) groups is 1. The summed E-state index contributed by atoms with van der Waals surface area (Å²) in [4.78, 5) is 52.2. The predicted octanol–water partition coefficient (Wildman–Crippen LogP) is 4.64. The number of rotatable bonds is 6. The Bertz CT molecular complexity index is 1640. The van der Waals surface area contributed by atoms with Crippen LogP contribution in [0.15, 0.2) is 84.3 Å². The summed E-state index contributed by atoms with van der Waals surface area (Å²) in [6, 6.07) is 15.0. The first-order chi connectivity index (χ1) is 19.2. The molecule has 1 fully saturated rings. The molecule has 3 aromatic rings. The van der Waals surface area contributed by atoms with Gasteiger partial charge in [-0.05, 0) is 80.1 Å². The average Bonchev–Trinajstić information content (AvgIpc) is 3.51. The van der Waals surface area contributed by atoms with Gasteiger partial charge in [0.2, 0.25) is 5.91 Å². The smallest absolute Gasteiger partial charge is 0.310 e. The molecule has 1 spiro atoms. The number of hydrogen-bond donors (Lipinski definition) is 1. The quantitative estimate of drug-likeness (QED) is 0.369. The van der Waals surface area contributed by atoms with Gasteiger partial charge >= 0.3 is 6.03 Å². The van der Waals surface area contributed by atoms with E-state index in [0.717, 1.165) is 33.2 Å². The number of nitrogens with zero attached hydrogens (tertiary/aromatic N) is 4. The topological polar surface area (TPSA) is 95.0 Å². The zero-order valence-corrected chi connectivity index (χ0v) is 22.8. The zero-order valence-electron chi connectivity index (χ0n) is 22.8. The molecule has 2 aromatic carbocycles. The lowest BCUT2D eigenvalue weighted by atomic mass is 9.85. The van der Waals surface area contributed by atoms with E-state index in [4.69, 9.17) is 4.98 Å². The summed E-state index contributed by atoms with van der Waals surface area (Å²) >= 11 is 0. The van der Waals surface area contributed by atoms with Crippen molar-refractivity contribution in [3.05, 3.63) is 102 Å². The van der Waals surface area contributed by atoms with Crippen molar-refractivity contribution in [2.45, 2.75) is 51.7 Å². The second kappa shape index (κ2) is 9.26. The fourth-order valence-electron chi connectivity index (χ4n) is 6.20. The van der Waals surface area contributed by atoms with Crippen LogP contribution in [0.5, 0.6) is 0 Å². The molecular weight excluding hydrogens is 502 g/mol. The molecule has 2 atom stereocenters. The van der Waals surface area contributed by atoms with E-state index < -0.39 is 11.0 Å². The van der Waals surface area contributed by atoms with Crippen molar-refractivity contribution in [1.29, 1.82) is 0 Å². The number of pyridine rings is 1. The molecule has 3 heterocycles. The average molecular weight is 534 g/mol. The maximum absolute atomic E-state index is 13.6. The first-order valence-electron chi connectivity index (χ1n) is 13.5. The van der Waals surface area contributed by atoms with Crippen LogP contribution in [0.2, 0.25) is 0 Å². The molecule has 40 heavy (non-hydrogen) atoms. The third-order valence-corrected chi connectivity index (χ3v) is 8.30. The molecule has 6 rings (SSSR count). The first-order valence-corrected chi connectivity index (χ1v) is 13.5. The maximum atomic E-state index is 13.6. The van der Waals surface area contributed by atoms with Crippen molar-refractivity contribution in [2.24, 2.45) is 10.4 Å². The van der Waals surface area contributed by atoms with Gasteiger partial charge < -0.3 is 10.2 Å². The summed E-state index contributed by atoms with van der Waals surface area (Å²) in [5, 5.41) is 3.81. The first kappa shape index (κ1) is 25.7. The van der Waals surface area contributed by atoms with Crippen molar-refractivity contribution < 1.29 is 14.4 Å². The summed E-state index contributed by atoms with van der Waals surface area (Å²) in [6.07, 6.45) is 7.99. The molecule has 0 radical (unpaired) electrons. The van der Waals surface area contributed by atoms with Gasteiger partial charge in [-0.25, -0.2) is 9.79 Å². The number of hydrogen-bond acceptors (Lipinski definition) is 5. The van der Waals surface area contributed by atoms with E-state index in [1.54, 1.807) is 23.4 Å². The number of aromatic nitrogens is 1. The minimum Gasteiger partial charge on any atom is -0.310 e. The molecule has 202 valence electrons. The number of fused-ring (bicyclic) bond motifs is 2. The molecule has 1 unspecified atom stereocenters. The highest BCUT2D eigenvalue weighted by molar-refractivity contribution is 6.07. The number of benzene rings is 2. The Kier molecular flexibility index (Phi) is 5.94. The minimum atomic E-state index is -1.13. The second-order valence-electron chi connectivity index (χ2n) is 11.2. The number of carbonyl (C=O) groups is 3. The summed E-state index contributed by atoms with van der Waals surface area (Å²) < 4.78 is 0.